The van der Waals surface area contributed by atoms with Gasteiger partial charge in [0.25, 0.3) is 0 Å². The Bertz CT molecular complexity index is 567. The van der Waals surface area contributed by atoms with Gasteiger partial charge >= 0.3 is 0 Å². The van der Waals surface area contributed by atoms with Crippen molar-refractivity contribution in [3.8, 4) is 5.75 Å². The Morgan fingerprint density at radius 1 is 1.10 bits per heavy atom. The Morgan fingerprint density at radius 2 is 1.70 bits per heavy atom. The predicted octanol–water partition coefficient (Wildman–Crippen LogP) is 2.36. The number of anilines is 1. The number of rotatable bonds is 4. The van der Waals surface area contributed by atoms with Gasteiger partial charge in [-0.2, -0.15) is 0 Å². The smallest absolute Gasteiger partial charge is 0.248 e. The van der Waals surface area contributed by atoms with Gasteiger partial charge in [0.1, 0.15) is 11.8 Å². The molecule has 0 radical (unpaired) electrons. The van der Waals surface area contributed by atoms with Crippen molar-refractivity contribution in [3.63, 3.8) is 0 Å². The summed E-state index contributed by atoms with van der Waals surface area (Å²) in [5.41, 5.74) is 7.60. The van der Waals surface area contributed by atoms with Gasteiger partial charge in [-0.15, -0.1) is 0 Å². The number of carbonyl (C=O) groups excluding carboxylic acids is 1. The Labute approximate surface area is 118 Å². The van der Waals surface area contributed by atoms with Crippen LogP contribution in [0.5, 0.6) is 5.75 Å². The molecule has 0 aliphatic heterocycles. The number of carbonyl (C=O) groups is 1. The van der Waals surface area contributed by atoms with E-state index in [-0.39, 0.29) is 5.91 Å². The first-order valence-corrected chi connectivity index (χ1v) is 6.35. The maximum atomic E-state index is 12.4. The fourth-order valence-corrected chi connectivity index (χ4v) is 1.94. The number of amides is 1. The van der Waals surface area contributed by atoms with Crippen LogP contribution in [0.2, 0.25) is 0 Å². The summed E-state index contributed by atoms with van der Waals surface area (Å²) in [7, 11) is 3.32. The third-order valence-corrected chi connectivity index (χ3v) is 3.22. The van der Waals surface area contributed by atoms with Crippen molar-refractivity contribution < 1.29 is 9.53 Å². The quantitative estimate of drug-likeness (QED) is 0.928. The second-order valence-electron chi connectivity index (χ2n) is 4.48. The fourth-order valence-electron chi connectivity index (χ4n) is 1.94. The second-order valence-corrected chi connectivity index (χ2v) is 4.48. The summed E-state index contributed by atoms with van der Waals surface area (Å²) in [6, 6.07) is 16.0. The molecule has 0 heterocycles. The van der Waals surface area contributed by atoms with E-state index >= 15 is 0 Å². The van der Waals surface area contributed by atoms with E-state index in [9.17, 15) is 4.79 Å². The van der Waals surface area contributed by atoms with E-state index in [2.05, 4.69) is 0 Å². The summed E-state index contributed by atoms with van der Waals surface area (Å²) < 4.78 is 5.10. The minimum absolute atomic E-state index is 0.152. The summed E-state index contributed by atoms with van der Waals surface area (Å²) >= 11 is 0. The highest BCUT2D eigenvalue weighted by molar-refractivity contribution is 5.97. The van der Waals surface area contributed by atoms with Gasteiger partial charge in [-0.1, -0.05) is 30.3 Å². The van der Waals surface area contributed by atoms with Crippen molar-refractivity contribution >= 4 is 11.6 Å². The van der Waals surface area contributed by atoms with Crippen LogP contribution in [-0.2, 0) is 4.79 Å². The maximum absolute atomic E-state index is 12.4. The highest BCUT2D eigenvalue weighted by Crippen LogP contribution is 2.21. The first-order valence-electron chi connectivity index (χ1n) is 6.35. The van der Waals surface area contributed by atoms with Crippen LogP contribution < -0.4 is 15.4 Å². The SMILES string of the molecule is COc1ccc(N(C)C(=O)C(N)c2ccccc2)cc1. The lowest BCUT2D eigenvalue weighted by Crippen LogP contribution is -2.35. The minimum atomic E-state index is -0.664. The van der Waals surface area contributed by atoms with Crippen LogP contribution in [0.3, 0.4) is 0 Å². The third-order valence-electron chi connectivity index (χ3n) is 3.22. The van der Waals surface area contributed by atoms with E-state index in [0.29, 0.717) is 0 Å². The Hall–Kier alpha value is -2.33. The highest BCUT2D eigenvalue weighted by Gasteiger charge is 2.20. The molecule has 1 atom stereocenters. The van der Waals surface area contributed by atoms with E-state index in [0.717, 1.165) is 17.0 Å². The molecule has 2 N–H and O–H groups in total. The van der Waals surface area contributed by atoms with Crippen molar-refractivity contribution in [1.82, 2.24) is 0 Å². The van der Waals surface area contributed by atoms with Crippen LogP contribution in [0.15, 0.2) is 54.6 Å². The number of benzene rings is 2. The predicted molar refractivity (Wildman–Crippen MR) is 79.8 cm³/mol. The molecule has 0 fully saturated rings. The number of methoxy groups -OCH3 is 1. The van der Waals surface area contributed by atoms with Gasteiger partial charge < -0.3 is 15.4 Å². The number of nitrogens with two attached hydrogens (primary N) is 1. The van der Waals surface area contributed by atoms with E-state index < -0.39 is 6.04 Å². The Kier molecular flexibility index (Phi) is 4.38. The molecule has 4 heteroatoms. The van der Waals surface area contributed by atoms with Gasteiger partial charge in [0.2, 0.25) is 5.91 Å². The van der Waals surface area contributed by atoms with E-state index in [1.54, 1.807) is 19.1 Å². The first-order chi connectivity index (χ1) is 9.63. The van der Waals surface area contributed by atoms with Crippen LogP contribution in [0.4, 0.5) is 5.69 Å². The third kappa shape index (κ3) is 2.97. The van der Waals surface area contributed by atoms with Crippen LogP contribution in [0.25, 0.3) is 0 Å². The number of ether oxygens (including phenoxy) is 1. The molecular weight excluding hydrogens is 252 g/mol. The minimum Gasteiger partial charge on any atom is -0.497 e. The van der Waals surface area contributed by atoms with Crippen molar-refractivity contribution in [2.45, 2.75) is 6.04 Å². The summed E-state index contributed by atoms with van der Waals surface area (Å²) in [6.45, 7) is 0. The van der Waals surface area contributed by atoms with E-state index in [4.69, 9.17) is 10.5 Å². The molecule has 0 aliphatic rings. The molecule has 2 aromatic carbocycles. The summed E-state index contributed by atoms with van der Waals surface area (Å²) in [6.07, 6.45) is 0. The monoisotopic (exact) mass is 270 g/mol. The van der Waals surface area contributed by atoms with Crippen molar-refractivity contribution in [3.05, 3.63) is 60.2 Å². The number of hydrogen-bond acceptors (Lipinski definition) is 3. The van der Waals surface area contributed by atoms with E-state index in [1.165, 1.54) is 0 Å². The standard InChI is InChI=1S/C16H18N2O2/c1-18(13-8-10-14(20-2)11-9-13)16(19)15(17)12-6-4-3-5-7-12/h3-11,15H,17H2,1-2H3. The molecule has 20 heavy (non-hydrogen) atoms. The topological polar surface area (TPSA) is 55.6 Å². The molecule has 0 bridgehead atoms. The number of nitrogens with zero attached hydrogens (tertiary/aromatic N) is 1. The zero-order chi connectivity index (χ0) is 14.5. The van der Waals surface area contributed by atoms with Crippen LogP contribution in [0, 0.1) is 0 Å². The molecule has 1 amide bonds. The normalized spacial score (nSPS) is 11.8. The maximum Gasteiger partial charge on any atom is 0.248 e. The molecule has 0 saturated heterocycles. The van der Waals surface area contributed by atoms with Crippen LogP contribution in [-0.4, -0.2) is 20.1 Å². The lowest BCUT2D eigenvalue weighted by Gasteiger charge is -2.21. The first kappa shape index (κ1) is 14.1. The molecule has 2 rings (SSSR count). The van der Waals surface area contributed by atoms with Gasteiger partial charge in [-0.3, -0.25) is 4.79 Å². The summed E-state index contributed by atoms with van der Waals surface area (Å²) in [5, 5.41) is 0. The average molecular weight is 270 g/mol. The zero-order valence-electron chi connectivity index (χ0n) is 11.6. The fraction of sp³-hybridized carbons (Fsp3) is 0.188. The Morgan fingerprint density at radius 3 is 2.25 bits per heavy atom. The van der Waals surface area contributed by atoms with Crippen molar-refractivity contribution in [1.29, 1.82) is 0 Å². The number of hydrogen-bond donors (Lipinski definition) is 1. The molecule has 0 aliphatic carbocycles. The van der Waals surface area contributed by atoms with Crippen molar-refractivity contribution in [2.75, 3.05) is 19.1 Å². The Balaban J connectivity index is 2.15. The molecule has 104 valence electrons. The van der Waals surface area contributed by atoms with E-state index in [1.807, 2.05) is 54.6 Å². The molecule has 0 aromatic heterocycles. The lowest BCUT2D eigenvalue weighted by molar-refractivity contribution is -0.119. The molecule has 2 aromatic rings. The highest BCUT2D eigenvalue weighted by atomic mass is 16.5. The van der Waals surface area contributed by atoms with Gasteiger partial charge in [0, 0.05) is 12.7 Å². The second kappa shape index (κ2) is 6.21. The van der Waals surface area contributed by atoms with Crippen LogP contribution in [0.1, 0.15) is 11.6 Å². The van der Waals surface area contributed by atoms with Gasteiger partial charge in [0.15, 0.2) is 0 Å². The molecule has 0 saturated carbocycles. The zero-order valence-corrected chi connectivity index (χ0v) is 11.6. The molecular formula is C16H18N2O2. The average Bonchev–Trinajstić information content (AvgIpc) is 2.53. The van der Waals surface area contributed by atoms with Crippen molar-refractivity contribution in [2.24, 2.45) is 5.73 Å². The molecule has 4 nitrogen and oxygen atoms in total. The molecule has 1 unspecified atom stereocenters. The van der Waals surface area contributed by atoms with Gasteiger partial charge in [-0.25, -0.2) is 0 Å². The van der Waals surface area contributed by atoms with Gasteiger partial charge in [0.05, 0.1) is 7.11 Å². The largest absolute Gasteiger partial charge is 0.497 e. The van der Waals surface area contributed by atoms with Gasteiger partial charge in [-0.05, 0) is 29.8 Å². The van der Waals surface area contributed by atoms with Crippen LogP contribution >= 0.6 is 0 Å². The summed E-state index contributed by atoms with van der Waals surface area (Å²) in [4.78, 5) is 13.9. The number of likely N-dealkylation sites (N-methyl/N-ethyl adjacent to an activating group) is 1. The summed E-state index contributed by atoms with van der Waals surface area (Å²) in [5.74, 6) is 0.600. The molecule has 0 spiro atoms. The lowest BCUT2D eigenvalue weighted by atomic mass is 10.1.